The van der Waals surface area contributed by atoms with Gasteiger partial charge in [0.05, 0.1) is 0 Å². The molecule has 0 aliphatic heterocycles. The van der Waals surface area contributed by atoms with E-state index in [2.05, 4.69) is 83.0 Å². The molecule has 0 saturated heterocycles. The summed E-state index contributed by atoms with van der Waals surface area (Å²) in [6, 6.07) is 27.2. The Bertz CT molecular complexity index is 861. The fourth-order valence-electron chi connectivity index (χ4n) is 3.13. The van der Waals surface area contributed by atoms with Gasteiger partial charge < -0.3 is 0 Å². The van der Waals surface area contributed by atoms with E-state index in [1.165, 1.54) is 27.8 Å². The first kappa shape index (κ1) is 14.6. The molecule has 0 fully saturated rings. The number of rotatable bonds is 4. The van der Waals surface area contributed by atoms with Crippen LogP contribution in [0.2, 0.25) is 0 Å². The van der Waals surface area contributed by atoms with Crippen LogP contribution in [0.15, 0.2) is 89.1 Å². The monoisotopic (exact) mass is 310 g/mol. The molecule has 1 aliphatic carbocycles. The minimum absolute atomic E-state index is 0.893. The van der Waals surface area contributed by atoms with Crippen molar-refractivity contribution in [3.63, 3.8) is 0 Å². The van der Waals surface area contributed by atoms with Gasteiger partial charge in [0.15, 0.2) is 0 Å². The minimum atomic E-state index is 0.893. The average Bonchev–Trinajstić information content (AvgIpc) is 2.97. The Morgan fingerprint density at radius 2 is 1.17 bits per heavy atom. The predicted octanol–water partition coefficient (Wildman–Crippen LogP) is 5.12. The van der Waals surface area contributed by atoms with Crippen molar-refractivity contribution in [2.24, 2.45) is 10.2 Å². The van der Waals surface area contributed by atoms with E-state index >= 15 is 0 Å². The third-order valence-electron chi connectivity index (χ3n) is 4.30. The molecule has 116 valence electrons. The molecule has 0 amide bonds. The van der Waals surface area contributed by atoms with Crippen LogP contribution in [0, 0.1) is 0 Å². The minimum Gasteiger partial charge on any atom is -0.163 e. The zero-order valence-electron chi connectivity index (χ0n) is 13.4. The zero-order chi connectivity index (χ0) is 16.2. The van der Waals surface area contributed by atoms with Gasteiger partial charge in [-0.3, -0.25) is 0 Å². The lowest BCUT2D eigenvalue weighted by Crippen LogP contribution is -1.97. The average molecular weight is 310 g/mol. The van der Waals surface area contributed by atoms with E-state index in [1.807, 2.05) is 12.3 Å². The summed E-state index contributed by atoms with van der Waals surface area (Å²) in [7, 11) is 0. The third kappa shape index (κ3) is 2.79. The molecule has 2 nitrogen and oxygen atoms in total. The second kappa shape index (κ2) is 6.63. The van der Waals surface area contributed by atoms with Gasteiger partial charge in [-0.15, -0.1) is 0 Å². The van der Waals surface area contributed by atoms with Crippen LogP contribution in [0.25, 0.3) is 11.1 Å². The summed E-state index contributed by atoms with van der Waals surface area (Å²) >= 11 is 0. The van der Waals surface area contributed by atoms with Gasteiger partial charge >= 0.3 is 0 Å². The molecule has 3 aromatic carbocycles. The van der Waals surface area contributed by atoms with Crippen molar-refractivity contribution in [3.05, 3.63) is 95.6 Å². The van der Waals surface area contributed by atoms with Crippen LogP contribution in [-0.4, -0.2) is 11.9 Å². The second-order valence-corrected chi connectivity index (χ2v) is 5.86. The quantitative estimate of drug-likeness (QED) is 0.369. The molecule has 1 aliphatic rings. The Kier molecular flexibility index (Phi) is 4.03. The Balaban J connectivity index is 1.55. The largest absolute Gasteiger partial charge is 0.163 e. The maximum Gasteiger partial charge on any atom is 0.101 e. The highest BCUT2D eigenvalue weighted by Gasteiger charge is 2.23. The van der Waals surface area contributed by atoms with Gasteiger partial charge in [0.25, 0.3) is 0 Å². The molecule has 4 rings (SSSR count). The molecule has 0 saturated carbocycles. The highest BCUT2D eigenvalue weighted by Crippen LogP contribution is 2.36. The van der Waals surface area contributed by atoms with Crippen LogP contribution in [0.1, 0.15) is 23.1 Å². The van der Waals surface area contributed by atoms with Crippen LogP contribution in [-0.2, 0) is 6.42 Å². The van der Waals surface area contributed by atoms with Crippen molar-refractivity contribution >= 4 is 11.9 Å². The number of hydrogen-bond donors (Lipinski definition) is 0. The van der Waals surface area contributed by atoms with Crippen LogP contribution in [0.3, 0.4) is 0 Å². The maximum absolute atomic E-state index is 4.52. The molecular formula is C22H18N2. The molecule has 24 heavy (non-hydrogen) atoms. The molecule has 0 spiro atoms. The van der Waals surface area contributed by atoms with Gasteiger partial charge in [0, 0.05) is 17.3 Å². The number of benzene rings is 3. The Morgan fingerprint density at radius 3 is 1.79 bits per heavy atom. The van der Waals surface area contributed by atoms with Crippen molar-refractivity contribution in [1.29, 1.82) is 0 Å². The van der Waals surface area contributed by atoms with E-state index in [0.717, 1.165) is 18.6 Å². The zero-order valence-corrected chi connectivity index (χ0v) is 13.4. The van der Waals surface area contributed by atoms with E-state index in [0.29, 0.717) is 0 Å². The number of aryl methyl sites for hydroxylation is 1. The maximum atomic E-state index is 4.52. The van der Waals surface area contributed by atoms with Crippen molar-refractivity contribution in [2.75, 3.05) is 0 Å². The van der Waals surface area contributed by atoms with E-state index in [1.54, 1.807) is 0 Å². The van der Waals surface area contributed by atoms with Crippen molar-refractivity contribution in [3.8, 4) is 11.1 Å². The van der Waals surface area contributed by atoms with Crippen molar-refractivity contribution in [2.45, 2.75) is 12.8 Å². The molecular weight excluding hydrogens is 292 g/mol. The Hall–Kier alpha value is -3.00. The summed E-state index contributed by atoms with van der Waals surface area (Å²) in [4.78, 5) is 0. The second-order valence-electron chi connectivity index (χ2n) is 5.86. The Morgan fingerprint density at radius 1 is 0.625 bits per heavy atom. The van der Waals surface area contributed by atoms with Gasteiger partial charge in [-0.1, -0.05) is 78.9 Å². The topological polar surface area (TPSA) is 24.7 Å². The summed E-state index contributed by atoms with van der Waals surface area (Å²) < 4.78 is 0. The van der Waals surface area contributed by atoms with Gasteiger partial charge in [-0.25, -0.2) is 0 Å². The van der Waals surface area contributed by atoms with E-state index < -0.39 is 0 Å². The van der Waals surface area contributed by atoms with Gasteiger partial charge in [-0.05, 0) is 29.5 Å². The molecule has 0 radical (unpaired) electrons. The van der Waals surface area contributed by atoms with E-state index in [4.69, 9.17) is 0 Å². The van der Waals surface area contributed by atoms with Crippen LogP contribution < -0.4 is 0 Å². The molecule has 0 unspecified atom stereocenters. The smallest absolute Gasteiger partial charge is 0.101 e. The summed E-state index contributed by atoms with van der Waals surface area (Å²) in [5.41, 5.74) is 7.11. The molecule has 0 bridgehead atoms. The fraction of sp³-hybridized carbons (Fsp3) is 0.0909. The van der Waals surface area contributed by atoms with Gasteiger partial charge in [-0.2, -0.15) is 10.2 Å². The molecule has 2 heteroatoms. The standard InChI is InChI=1S/C22H18N2/c1-2-9-17(10-3-1)11-8-16-23-24-22-20-14-6-4-12-18(20)19-13-5-7-15-21(19)22/h1-7,9-10,12-16H,8,11H2/b23-16-. The first-order chi connectivity index (χ1) is 11.9. The highest BCUT2D eigenvalue weighted by molar-refractivity contribution is 6.24. The molecule has 0 atom stereocenters. The van der Waals surface area contributed by atoms with Crippen LogP contribution >= 0.6 is 0 Å². The molecule has 0 aromatic heterocycles. The van der Waals surface area contributed by atoms with E-state index in [-0.39, 0.29) is 0 Å². The molecule has 0 N–H and O–H groups in total. The fourth-order valence-corrected chi connectivity index (χ4v) is 3.13. The number of hydrogen-bond acceptors (Lipinski definition) is 2. The van der Waals surface area contributed by atoms with Crippen LogP contribution in [0.4, 0.5) is 0 Å². The molecule has 0 heterocycles. The number of nitrogens with zero attached hydrogens (tertiary/aromatic N) is 2. The lowest BCUT2D eigenvalue weighted by atomic mass is 10.1. The van der Waals surface area contributed by atoms with E-state index in [9.17, 15) is 0 Å². The first-order valence-electron chi connectivity index (χ1n) is 8.26. The highest BCUT2D eigenvalue weighted by atomic mass is 15.2. The Labute approximate surface area is 142 Å². The molecule has 3 aromatic rings. The lowest BCUT2D eigenvalue weighted by molar-refractivity contribution is 1.04. The third-order valence-corrected chi connectivity index (χ3v) is 4.30. The normalized spacial score (nSPS) is 12.2. The number of fused-ring (bicyclic) bond motifs is 3. The predicted molar refractivity (Wildman–Crippen MR) is 101 cm³/mol. The van der Waals surface area contributed by atoms with Gasteiger partial charge in [0.2, 0.25) is 0 Å². The summed E-state index contributed by atoms with van der Waals surface area (Å²) in [6.45, 7) is 0. The van der Waals surface area contributed by atoms with Crippen molar-refractivity contribution < 1.29 is 0 Å². The summed E-state index contributed by atoms with van der Waals surface area (Å²) in [6.07, 6.45) is 3.79. The van der Waals surface area contributed by atoms with Gasteiger partial charge in [0.1, 0.15) is 5.71 Å². The van der Waals surface area contributed by atoms with Crippen molar-refractivity contribution in [1.82, 2.24) is 0 Å². The summed E-state index contributed by atoms with van der Waals surface area (Å²) in [5.74, 6) is 0. The lowest BCUT2D eigenvalue weighted by Gasteiger charge is -1.98. The summed E-state index contributed by atoms with van der Waals surface area (Å²) in [5, 5.41) is 8.85. The van der Waals surface area contributed by atoms with Crippen LogP contribution in [0.5, 0.6) is 0 Å². The SMILES string of the molecule is C(/CCc1ccccc1)=N/N=C1c2ccccc2-c2ccccc21. The first-order valence-corrected chi connectivity index (χ1v) is 8.26.